The summed E-state index contributed by atoms with van der Waals surface area (Å²) in [6.07, 6.45) is 1.36. The molecule has 1 saturated heterocycles. The summed E-state index contributed by atoms with van der Waals surface area (Å²) in [6.45, 7) is 1.09. The number of ether oxygens (including phenoxy) is 1. The zero-order valence-corrected chi connectivity index (χ0v) is 15.0. The molecule has 1 aliphatic rings. The third kappa shape index (κ3) is 3.90. The summed E-state index contributed by atoms with van der Waals surface area (Å²) < 4.78 is 19.4. The van der Waals surface area contributed by atoms with Gasteiger partial charge in [-0.25, -0.2) is 4.39 Å². The van der Waals surface area contributed by atoms with Crippen molar-refractivity contribution >= 4 is 17.5 Å². The summed E-state index contributed by atoms with van der Waals surface area (Å²) in [6, 6.07) is 13.3. The van der Waals surface area contributed by atoms with Gasteiger partial charge in [0, 0.05) is 13.2 Å². The second-order valence-electron chi connectivity index (χ2n) is 6.46. The van der Waals surface area contributed by atoms with Crippen LogP contribution in [0.3, 0.4) is 0 Å². The summed E-state index contributed by atoms with van der Waals surface area (Å²) >= 11 is 5.96. The van der Waals surface area contributed by atoms with Crippen LogP contribution in [0.15, 0.2) is 48.5 Å². The molecule has 0 radical (unpaired) electrons. The molecule has 3 rings (SSSR count). The molecule has 2 aromatic rings. The van der Waals surface area contributed by atoms with Gasteiger partial charge in [-0.2, -0.15) is 0 Å². The SMILES string of the molecule is O=C(NCC(O)(c1ccccc1)C1CCOCC1)c1c(F)cccc1Cl. The molecular weight excluding hydrogens is 357 g/mol. The van der Waals surface area contributed by atoms with Crippen molar-refractivity contribution in [3.05, 3.63) is 70.5 Å². The number of hydrogen-bond acceptors (Lipinski definition) is 3. The van der Waals surface area contributed by atoms with E-state index in [0.717, 1.165) is 0 Å². The third-order valence-electron chi connectivity index (χ3n) is 4.88. The number of amides is 1. The largest absolute Gasteiger partial charge is 0.383 e. The molecule has 6 heteroatoms. The Balaban J connectivity index is 1.83. The van der Waals surface area contributed by atoms with Gasteiger partial charge in [0.05, 0.1) is 17.1 Å². The highest BCUT2D eigenvalue weighted by Gasteiger charge is 2.39. The van der Waals surface area contributed by atoms with E-state index in [-0.39, 0.29) is 23.0 Å². The number of aliphatic hydroxyl groups is 1. The summed E-state index contributed by atoms with van der Waals surface area (Å²) in [5.74, 6) is -1.41. The number of halogens is 2. The van der Waals surface area contributed by atoms with Gasteiger partial charge in [-0.1, -0.05) is 48.0 Å². The third-order valence-corrected chi connectivity index (χ3v) is 5.19. The lowest BCUT2D eigenvalue weighted by Crippen LogP contribution is -2.47. The highest BCUT2D eigenvalue weighted by molar-refractivity contribution is 6.33. The minimum absolute atomic E-state index is 0.0365. The fourth-order valence-corrected chi connectivity index (χ4v) is 3.65. The maximum atomic E-state index is 14.0. The summed E-state index contributed by atoms with van der Waals surface area (Å²) in [5.41, 5.74) is -0.762. The molecule has 1 atom stereocenters. The van der Waals surface area contributed by atoms with Crippen molar-refractivity contribution in [3.8, 4) is 0 Å². The number of benzene rings is 2. The highest BCUT2D eigenvalue weighted by atomic mass is 35.5. The van der Waals surface area contributed by atoms with Crippen LogP contribution in [0.1, 0.15) is 28.8 Å². The van der Waals surface area contributed by atoms with E-state index < -0.39 is 17.3 Å². The molecule has 26 heavy (non-hydrogen) atoms. The monoisotopic (exact) mass is 377 g/mol. The zero-order valence-electron chi connectivity index (χ0n) is 14.3. The molecule has 1 amide bonds. The molecule has 4 nitrogen and oxygen atoms in total. The maximum absolute atomic E-state index is 14.0. The van der Waals surface area contributed by atoms with Gasteiger partial charge in [-0.15, -0.1) is 0 Å². The van der Waals surface area contributed by atoms with Crippen LogP contribution in [0.2, 0.25) is 5.02 Å². The Labute approximate surface area is 156 Å². The molecule has 1 unspecified atom stereocenters. The van der Waals surface area contributed by atoms with Crippen LogP contribution in [0.25, 0.3) is 0 Å². The first-order valence-corrected chi connectivity index (χ1v) is 8.98. The van der Waals surface area contributed by atoms with Crippen LogP contribution in [-0.2, 0) is 10.3 Å². The molecule has 0 spiro atoms. The predicted octanol–water partition coefficient (Wildman–Crippen LogP) is 3.52. The first-order valence-electron chi connectivity index (χ1n) is 8.60. The zero-order chi connectivity index (χ0) is 18.6. The Bertz CT molecular complexity index is 745. The molecule has 1 fully saturated rings. The standard InChI is InChI=1S/C20H21ClFNO3/c21-16-7-4-8-17(22)18(16)19(24)23-13-20(25,14-5-2-1-3-6-14)15-9-11-26-12-10-15/h1-8,15,25H,9-13H2,(H,23,24). The Kier molecular flexibility index (Phi) is 5.91. The van der Waals surface area contributed by atoms with Crippen molar-refractivity contribution < 1.29 is 19.0 Å². The maximum Gasteiger partial charge on any atom is 0.255 e. The van der Waals surface area contributed by atoms with Gasteiger partial charge in [-0.3, -0.25) is 4.79 Å². The topological polar surface area (TPSA) is 58.6 Å². The van der Waals surface area contributed by atoms with E-state index in [9.17, 15) is 14.3 Å². The summed E-state index contributed by atoms with van der Waals surface area (Å²) in [4.78, 5) is 12.5. The van der Waals surface area contributed by atoms with Gasteiger partial charge >= 0.3 is 0 Å². The van der Waals surface area contributed by atoms with Crippen molar-refractivity contribution in [3.63, 3.8) is 0 Å². The normalized spacial score (nSPS) is 17.5. The smallest absolute Gasteiger partial charge is 0.255 e. The lowest BCUT2D eigenvalue weighted by Gasteiger charge is -2.39. The van der Waals surface area contributed by atoms with Gasteiger partial charge in [0.2, 0.25) is 0 Å². The first-order chi connectivity index (χ1) is 12.5. The lowest BCUT2D eigenvalue weighted by molar-refractivity contribution is -0.0680. The molecule has 2 N–H and O–H groups in total. The number of carbonyl (C=O) groups is 1. The Morgan fingerprint density at radius 1 is 1.19 bits per heavy atom. The fraction of sp³-hybridized carbons (Fsp3) is 0.350. The summed E-state index contributed by atoms with van der Waals surface area (Å²) in [5, 5.41) is 14.1. The molecule has 0 saturated carbocycles. The van der Waals surface area contributed by atoms with E-state index in [1.54, 1.807) is 0 Å². The molecule has 1 heterocycles. The molecule has 0 aliphatic carbocycles. The van der Waals surface area contributed by atoms with Crippen molar-refractivity contribution in [2.24, 2.45) is 5.92 Å². The molecule has 138 valence electrons. The van der Waals surface area contributed by atoms with E-state index >= 15 is 0 Å². The average molecular weight is 378 g/mol. The second kappa shape index (κ2) is 8.16. The van der Waals surface area contributed by atoms with Crippen molar-refractivity contribution in [1.82, 2.24) is 5.32 Å². The van der Waals surface area contributed by atoms with Crippen LogP contribution in [0.4, 0.5) is 4.39 Å². The van der Waals surface area contributed by atoms with E-state index in [4.69, 9.17) is 16.3 Å². The number of carbonyl (C=O) groups excluding carboxylic acids is 1. The lowest BCUT2D eigenvalue weighted by atomic mass is 9.77. The van der Waals surface area contributed by atoms with E-state index in [1.165, 1.54) is 18.2 Å². The van der Waals surface area contributed by atoms with Crippen molar-refractivity contribution in [2.75, 3.05) is 19.8 Å². The fourth-order valence-electron chi connectivity index (χ4n) is 3.40. The van der Waals surface area contributed by atoms with Gasteiger partial charge in [0.1, 0.15) is 11.4 Å². The first kappa shape index (κ1) is 18.8. The molecule has 1 aliphatic heterocycles. The van der Waals surface area contributed by atoms with E-state index in [1.807, 2.05) is 30.3 Å². The van der Waals surface area contributed by atoms with Gasteiger partial charge in [0.15, 0.2) is 0 Å². The molecule has 0 aromatic heterocycles. The van der Waals surface area contributed by atoms with E-state index in [0.29, 0.717) is 31.6 Å². The van der Waals surface area contributed by atoms with Crippen molar-refractivity contribution in [1.29, 1.82) is 0 Å². The van der Waals surface area contributed by atoms with Gasteiger partial charge in [0.25, 0.3) is 5.91 Å². The molecular formula is C20H21ClFNO3. The second-order valence-corrected chi connectivity index (χ2v) is 6.86. The minimum Gasteiger partial charge on any atom is -0.383 e. The minimum atomic E-state index is -1.27. The Morgan fingerprint density at radius 3 is 2.54 bits per heavy atom. The quantitative estimate of drug-likeness (QED) is 0.838. The van der Waals surface area contributed by atoms with Crippen LogP contribution in [0, 0.1) is 11.7 Å². The van der Waals surface area contributed by atoms with Crippen LogP contribution in [-0.4, -0.2) is 30.8 Å². The van der Waals surface area contributed by atoms with Crippen LogP contribution < -0.4 is 5.32 Å². The van der Waals surface area contributed by atoms with Crippen LogP contribution in [0.5, 0.6) is 0 Å². The predicted molar refractivity (Wildman–Crippen MR) is 97.6 cm³/mol. The molecule has 2 aromatic carbocycles. The van der Waals surface area contributed by atoms with Crippen molar-refractivity contribution in [2.45, 2.75) is 18.4 Å². The average Bonchev–Trinajstić information content (AvgIpc) is 2.67. The molecule has 0 bridgehead atoms. The Hall–Kier alpha value is -1.95. The van der Waals surface area contributed by atoms with Crippen LogP contribution >= 0.6 is 11.6 Å². The highest BCUT2D eigenvalue weighted by Crippen LogP contribution is 2.36. The summed E-state index contributed by atoms with van der Waals surface area (Å²) in [7, 11) is 0. The van der Waals surface area contributed by atoms with E-state index in [2.05, 4.69) is 5.32 Å². The van der Waals surface area contributed by atoms with Gasteiger partial charge < -0.3 is 15.2 Å². The van der Waals surface area contributed by atoms with Gasteiger partial charge in [-0.05, 0) is 36.5 Å². The number of nitrogens with one attached hydrogen (secondary N) is 1. The Morgan fingerprint density at radius 2 is 1.88 bits per heavy atom. The number of rotatable bonds is 5. The number of hydrogen-bond donors (Lipinski definition) is 2.